The minimum absolute atomic E-state index is 0.0887. The topological polar surface area (TPSA) is 0 Å². The monoisotopic (exact) mass is 196 g/mol. The summed E-state index contributed by atoms with van der Waals surface area (Å²) >= 11 is 0. The summed E-state index contributed by atoms with van der Waals surface area (Å²) in [5.41, 5.74) is -0.692. The molecule has 0 aliphatic heterocycles. The Balaban J connectivity index is 4.58. The summed E-state index contributed by atoms with van der Waals surface area (Å²) in [6.45, 7) is 8.59. The van der Waals surface area contributed by atoms with Crippen LogP contribution in [0.15, 0.2) is 0 Å². The molecule has 0 amide bonds. The summed E-state index contributed by atoms with van der Waals surface area (Å²) in [5, 5.41) is 0. The molecule has 0 aromatic heterocycles. The van der Waals surface area contributed by atoms with Crippen molar-refractivity contribution in [1.82, 2.24) is 0 Å². The maximum atomic E-state index is 12.6. The minimum Gasteiger partial charge on any atom is -0.171 e. The van der Waals surface area contributed by atoms with Crippen molar-refractivity contribution < 1.29 is 13.2 Å². The third-order valence-corrected chi connectivity index (χ3v) is 2.15. The Morgan fingerprint density at radius 2 is 1.38 bits per heavy atom. The lowest BCUT2D eigenvalue weighted by atomic mass is 9.76. The molecule has 1 unspecified atom stereocenters. The van der Waals surface area contributed by atoms with Gasteiger partial charge in [-0.05, 0) is 17.8 Å². The van der Waals surface area contributed by atoms with Crippen molar-refractivity contribution in [2.45, 2.75) is 47.2 Å². The molecule has 0 aliphatic rings. The van der Waals surface area contributed by atoms with Crippen molar-refractivity contribution >= 4 is 0 Å². The van der Waals surface area contributed by atoms with Crippen LogP contribution < -0.4 is 0 Å². The van der Waals surface area contributed by atoms with Gasteiger partial charge in [0.15, 0.2) is 0 Å². The molecule has 0 aliphatic carbocycles. The standard InChI is InChI=1S/C10H19F3/c1-7(2)6-8(9(3,4)5)10(11,12)13/h7-8H,6H2,1-5H3. The van der Waals surface area contributed by atoms with E-state index in [0.717, 1.165) is 0 Å². The molecule has 0 fully saturated rings. The zero-order chi connectivity index (χ0) is 10.9. The molecule has 0 rings (SSSR count). The molecule has 3 heteroatoms. The van der Waals surface area contributed by atoms with Crippen LogP contribution in [-0.4, -0.2) is 6.18 Å². The van der Waals surface area contributed by atoms with E-state index >= 15 is 0 Å². The first-order valence-corrected chi connectivity index (χ1v) is 4.62. The van der Waals surface area contributed by atoms with Gasteiger partial charge in [0.2, 0.25) is 0 Å². The first-order valence-electron chi connectivity index (χ1n) is 4.62. The Hall–Kier alpha value is -0.210. The van der Waals surface area contributed by atoms with Crippen molar-refractivity contribution in [3.63, 3.8) is 0 Å². The van der Waals surface area contributed by atoms with Crippen LogP contribution in [0.1, 0.15) is 41.0 Å². The van der Waals surface area contributed by atoms with Crippen LogP contribution >= 0.6 is 0 Å². The van der Waals surface area contributed by atoms with Gasteiger partial charge >= 0.3 is 6.18 Å². The predicted octanol–water partition coefficient (Wildman–Crippen LogP) is 4.26. The van der Waals surface area contributed by atoms with Gasteiger partial charge in [-0.2, -0.15) is 13.2 Å². The van der Waals surface area contributed by atoms with E-state index < -0.39 is 17.5 Å². The highest BCUT2D eigenvalue weighted by atomic mass is 19.4. The molecule has 0 saturated heterocycles. The number of hydrogen-bond acceptors (Lipinski definition) is 0. The van der Waals surface area contributed by atoms with Crippen LogP contribution in [0.4, 0.5) is 13.2 Å². The Labute approximate surface area is 78.5 Å². The van der Waals surface area contributed by atoms with Crippen LogP contribution in [-0.2, 0) is 0 Å². The predicted molar refractivity (Wildman–Crippen MR) is 48.5 cm³/mol. The van der Waals surface area contributed by atoms with Gasteiger partial charge in [-0.25, -0.2) is 0 Å². The van der Waals surface area contributed by atoms with Gasteiger partial charge in [-0.15, -0.1) is 0 Å². The van der Waals surface area contributed by atoms with E-state index in [2.05, 4.69) is 0 Å². The van der Waals surface area contributed by atoms with E-state index in [1.54, 1.807) is 20.8 Å². The molecule has 0 nitrogen and oxygen atoms in total. The fourth-order valence-corrected chi connectivity index (χ4v) is 1.45. The summed E-state index contributed by atoms with van der Waals surface area (Å²) in [4.78, 5) is 0. The zero-order valence-corrected chi connectivity index (χ0v) is 9.00. The van der Waals surface area contributed by atoms with E-state index in [4.69, 9.17) is 0 Å². The van der Waals surface area contributed by atoms with E-state index in [1.807, 2.05) is 13.8 Å². The molecule has 0 aromatic rings. The average molecular weight is 196 g/mol. The lowest BCUT2D eigenvalue weighted by molar-refractivity contribution is -0.204. The summed E-state index contributed by atoms with van der Waals surface area (Å²) in [6, 6.07) is 0. The van der Waals surface area contributed by atoms with E-state index in [-0.39, 0.29) is 12.3 Å². The van der Waals surface area contributed by atoms with Crippen LogP contribution in [0.5, 0.6) is 0 Å². The second-order valence-corrected chi connectivity index (χ2v) is 5.09. The zero-order valence-electron chi connectivity index (χ0n) is 9.00. The lowest BCUT2D eigenvalue weighted by Crippen LogP contribution is -2.35. The first-order chi connectivity index (χ1) is 5.55. The Bertz CT molecular complexity index is 137. The van der Waals surface area contributed by atoms with Crippen molar-refractivity contribution in [1.29, 1.82) is 0 Å². The number of halogens is 3. The van der Waals surface area contributed by atoms with Crippen LogP contribution in [0, 0.1) is 17.3 Å². The van der Waals surface area contributed by atoms with Gasteiger partial charge < -0.3 is 0 Å². The van der Waals surface area contributed by atoms with Gasteiger partial charge in [0, 0.05) is 0 Å². The van der Waals surface area contributed by atoms with Crippen LogP contribution in [0.3, 0.4) is 0 Å². The van der Waals surface area contributed by atoms with Crippen LogP contribution in [0.2, 0.25) is 0 Å². The van der Waals surface area contributed by atoms with Gasteiger partial charge in [0.05, 0.1) is 5.92 Å². The molecule has 0 heterocycles. The molecule has 0 aromatic carbocycles. The highest BCUT2D eigenvalue weighted by Crippen LogP contribution is 2.43. The van der Waals surface area contributed by atoms with Crippen LogP contribution in [0.25, 0.3) is 0 Å². The molecule has 0 bridgehead atoms. The second kappa shape index (κ2) is 3.89. The summed E-state index contributed by atoms with van der Waals surface area (Å²) < 4.78 is 37.7. The van der Waals surface area contributed by atoms with Gasteiger partial charge in [0.1, 0.15) is 0 Å². The molecule has 0 spiro atoms. The molecule has 1 atom stereocenters. The van der Waals surface area contributed by atoms with Crippen molar-refractivity contribution in [2.24, 2.45) is 17.3 Å². The third-order valence-electron chi connectivity index (χ3n) is 2.15. The highest BCUT2D eigenvalue weighted by molar-refractivity contribution is 4.80. The molecule has 80 valence electrons. The van der Waals surface area contributed by atoms with Crippen molar-refractivity contribution in [2.75, 3.05) is 0 Å². The van der Waals surface area contributed by atoms with E-state index in [1.165, 1.54) is 0 Å². The molecule has 13 heavy (non-hydrogen) atoms. The Morgan fingerprint density at radius 1 is 1.00 bits per heavy atom. The fourth-order valence-electron chi connectivity index (χ4n) is 1.45. The van der Waals surface area contributed by atoms with Gasteiger partial charge in [0.25, 0.3) is 0 Å². The summed E-state index contributed by atoms with van der Waals surface area (Å²) in [6.07, 6.45) is -3.85. The van der Waals surface area contributed by atoms with E-state index in [9.17, 15) is 13.2 Å². The number of alkyl halides is 3. The largest absolute Gasteiger partial charge is 0.392 e. The molecule has 0 N–H and O–H groups in total. The highest BCUT2D eigenvalue weighted by Gasteiger charge is 2.46. The first kappa shape index (κ1) is 12.8. The smallest absolute Gasteiger partial charge is 0.171 e. The number of hydrogen-bond donors (Lipinski definition) is 0. The normalized spacial score (nSPS) is 16.4. The van der Waals surface area contributed by atoms with Crippen molar-refractivity contribution in [3.05, 3.63) is 0 Å². The molecular formula is C10H19F3. The third kappa shape index (κ3) is 4.53. The second-order valence-electron chi connectivity index (χ2n) is 5.09. The lowest BCUT2D eigenvalue weighted by Gasteiger charge is -2.33. The fraction of sp³-hybridized carbons (Fsp3) is 1.00. The minimum atomic E-state index is -4.07. The summed E-state index contributed by atoms with van der Waals surface area (Å²) in [7, 11) is 0. The van der Waals surface area contributed by atoms with Crippen molar-refractivity contribution in [3.8, 4) is 0 Å². The Morgan fingerprint density at radius 3 is 1.46 bits per heavy atom. The summed E-state index contributed by atoms with van der Waals surface area (Å²) in [5.74, 6) is -1.11. The molecule has 0 radical (unpaired) electrons. The van der Waals surface area contributed by atoms with Gasteiger partial charge in [-0.3, -0.25) is 0 Å². The molecular weight excluding hydrogens is 177 g/mol. The average Bonchev–Trinajstić information content (AvgIpc) is 1.77. The quantitative estimate of drug-likeness (QED) is 0.619. The van der Waals surface area contributed by atoms with E-state index in [0.29, 0.717) is 0 Å². The number of rotatable bonds is 2. The maximum absolute atomic E-state index is 12.6. The van der Waals surface area contributed by atoms with Gasteiger partial charge in [-0.1, -0.05) is 34.6 Å². The maximum Gasteiger partial charge on any atom is 0.392 e. The Kier molecular flexibility index (Phi) is 3.82. The SMILES string of the molecule is CC(C)CC(C(C)(C)C)C(F)(F)F. The molecule has 0 saturated carbocycles.